The summed E-state index contributed by atoms with van der Waals surface area (Å²) >= 11 is 0. The number of terminal acetylenes is 1. The van der Waals surface area contributed by atoms with Crippen LogP contribution in [0.3, 0.4) is 0 Å². The largest absolute Gasteiger partial charge is 0.508 e. The van der Waals surface area contributed by atoms with Crippen molar-refractivity contribution in [1.82, 2.24) is 29.7 Å². The highest BCUT2D eigenvalue weighted by Gasteiger charge is 2.50. The number of aromatic hydroxyl groups is 1. The molecule has 2 aromatic heterocycles. The van der Waals surface area contributed by atoms with E-state index in [-0.39, 0.29) is 69.5 Å². The molecule has 2 aromatic carbocycles. The predicted molar refractivity (Wildman–Crippen MR) is 218 cm³/mol. The molecule has 4 aromatic rings. The number of halogens is 3. The van der Waals surface area contributed by atoms with Crippen LogP contribution in [-0.2, 0) is 14.3 Å². The lowest BCUT2D eigenvalue weighted by Gasteiger charge is -2.41. The Kier molecular flexibility index (Phi) is 11.2. The molecule has 4 saturated heterocycles. The van der Waals surface area contributed by atoms with E-state index in [9.17, 15) is 19.1 Å². The van der Waals surface area contributed by atoms with Crippen molar-refractivity contribution < 1.29 is 42.1 Å². The van der Waals surface area contributed by atoms with Gasteiger partial charge in [0.05, 0.1) is 28.6 Å². The fraction of sp³-hybridized carbons (Fsp3) is 0.523. The second kappa shape index (κ2) is 16.2. The Morgan fingerprint density at radius 1 is 1.10 bits per heavy atom. The van der Waals surface area contributed by atoms with Crippen molar-refractivity contribution in [2.45, 2.75) is 95.4 Å². The first-order chi connectivity index (χ1) is 28.7. The van der Waals surface area contributed by atoms with Crippen molar-refractivity contribution in [3.05, 3.63) is 47.7 Å². The minimum atomic E-state index is -1.12. The highest BCUT2D eigenvalue weighted by Crippen LogP contribution is 2.43. The second-order valence-electron chi connectivity index (χ2n) is 16.9. The molecule has 0 spiro atoms. The van der Waals surface area contributed by atoms with Gasteiger partial charge in [0.15, 0.2) is 5.82 Å². The number of anilines is 1. The van der Waals surface area contributed by atoms with Gasteiger partial charge < -0.3 is 24.2 Å². The summed E-state index contributed by atoms with van der Waals surface area (Å²) in [4.78, 5) is 48.2. The molecule has 0 radical (unpaired) electrons. The molecular weight excluding hydrogens is 780 g/mol. The number of carbonyl (C=O) groups is 2. The monoisotopic (exact) mass is 829 g/mol. The van der Waals surface area contributed by atoms with E-state index >= 15 is 8.78 Å². The fourth-order valence-corrected chi connectivity index (χ4v) is 9.92. The number of nitrogens with zero attached hydrogens (tertiary/aromatic N) is 7. The lowest BCUT2D eigenvalue weighted by molar-refractivity contribution is -0.173. The van der Waals surface area contributed by atoms with Crippen LogP contribution in [-0.4, -0.2) is 130 Å². The summed E-state index contributed by atoms with van der Waals surface area (Å²) in [5.41, 5.74) is -0.927. The van der Waals surface area contributed by atoms with Crippen LogP contribution in [0.15, 0.2) is 30.5 Å². The van der Waals surface area contributed by atoms with Crippen molar-refractivity contribution in [2.24, 2.45) is 5.92 Å². The quantitative estimate of drug-likeness (QED) is 0.102. The molecule has 2 bridgehead atoms. The predicted octanol–water partition coefficient (Wildman–Crippen LogP) is 6.42. The Hall–Kier alpha value is -5.40. The average Bonchev–Trinajstić information content (AvgIpc) is 3.83. The van der Waals surface area contributed by atoms with Gasteiger partial charge in [-0.25, -0.2) is 18.0 Å². The van der Waals surface area contributed by atoms with E-state index in [0.717, 1.165) is 25.8 Å². The number of amides is 1. The summed E-state index contributed by atoms with van der Waals surface area (Å²) in [5, 5.41) is 11.5. The maximum atomic E-state index is 17.2. The number of phenolic OH excluding ortho intramolecular Hbond substituents is 1. The zero-order valence-corrected chi connectivity index (χ0v) is 34.5. The molecule has 60 heavy (non-hydrogen) atoms. The number of carbonyl (C=O) groups excluding carboxylic acids is 2. The number of hydrogen-bond donors (Lipinski definition) is 1. The van der Waals surface area contributed by atoms with Crippen molar-refractivity contribution in [1.29, 1.82) is 0 Å². The fourth-order valence-electron chi connectivity index (χ4n) is 9.92. The molecule has 16 heteroatoms. The number of pyridine rings is 1. The number of phenols is 1. The Labute approximate surface area is 346 Å². The molecular formula is C44H50F3N7O6. The van der Waals surface area contributed by atoms with E-state index in [1.54, 1.807) is 23.9 Å². The highest BCUT2D eigenvalue weighted by atomic mass is 19.1. The lowest BCUT2D eigenvalue weighted by Crippen LogP contribution is -2.56. The number of alkyl halides is 1. The number of hydrogen-bond acceptors (Lipinski definition) is 12. The van der Waals surface area contributed by atoms with E-state index in [4.69, 9.17) is 25.6 Å². The van der Waals surface area contributed by atoms with Crippen LogP contribution in [0, 0.1) is 29.9 Å². The van der Waals surface area contributed by atoms with Crippen LogP contribution < -0.4 is 9.64 Å². The van der Waals surface area contributed by atoms with Crippen LogP contribution in [0.5, 0.6) is 11.8 Å². The molecule has 8 rings (SSSR count). The highest BCUT2D eigenvalue weighted by molar-refractivity contribution is 6.03. The van der Waals surface area contributed by atoms with Crippen LogP contribution in [0.1, 0.15) is 64.9 Å². The van der Waals surface area contributed by atoms with Crippen molar-refractivity contribution in [2.75, 3.05) is 51.8 Å². The number of esters is 1. The maximum Gasteiger partial charge on any atom is 0.413 e. The van der Waals surface area contributed by atoms with Gasteiger partial charge in [-0.3, -0.25) is 24.5 Å². The first-order valence-electron chi connectivity index (χ1n) is 20.6. The third kappa shape index (κ3) is 7.40. The number of benzene rings is 2. The van der Waals surface area contributed by atoms with Crippen molar-refractivity contribution in [3.8, 4) is 35.4 Å². The van der Waals surface area contributed by atoms with Gasteiger partial charge in [0.2, 0.25) is 6.29 Å². The number of piperazine rings is 1. The van der Waals surface area contributed by atoms with E-state index in [2.05, 4.69) is 20.8 Å². The first kappa shape index (κ1) is 41.3. The smallest absolute Gasteiger partial charge is 0.413 e. The summed E-state index contributed by atoms with van der Waals surface area (Å²) in [5.74, 6) is 0.477. The summed E-state index contributed by atoms with van der Waals surface area (Å²) in [6.45, 7) is 7.25. The van der Waals surface area contributed by atoms with Gasteiger partial charge in [-0.1, -0.05) is 32.3 Å². The molecule has 0 saturated carbocycles. The minimum absolute atomic E-state index is 0.0261. The third-order valence-electron chi connectivity index (χ3n) is 12.8. The molecule has 4 fully saturated rings. The molecule has 4 aliphatic rings. The Bertz CT molecular complexity index is 2360. The number of fused-ring (bicyclic) bond motifs is 5. The summed E-state index contributed by atoms with van der Waals surface area (Å²) in [6, 6.07) is 4.07. The van der Waals surface area contributed by atoms with Crippen LogP contribution in [0.4, 0.5) is 23.8 Å². The molecule has 1 amide bonds. The van der Waals surface area contributed by atoms with Crippen LogP contribution in [0.25, 0.3) is 32.9 Å². The lowest BCUT2D eigenvalue weighted by atomic mass is 9.95. The molecule has 7 atom stereocenters. The number of likely N-dealkylation sites (N-methyl/N-ethyl adjacent to an activating group) is 1. The SMILES string of the molecule is C#Cc1c(F)ccc2cc(O)cc(-c3ncc4c(N5CC6CCC(C5)N6C(=O)OC(C)OC(=O)[C@H]([C@@H](C)CC)N(C)C)nc(OC[C@@]56CCCN5C[C@H](F)C6)nc4c3F)c12. The molecule has 13 nitrogen and oxygen atoms in total. The Balaban J connectivity index is 1.12. The first-order valence-corrected chi connectivity index (χ1v) is 20.6. The van der Waals surface area contributed by atoms with Gasteiger partial charge in [-0.15, -0.1) is 6.42 Å². The zero-order valence-electron chi connectivity index (χ0n) is 34.5. The van der Waals surface area contributed by atoms with Gasteiger partial charge in [0.1, 0.15) is 47.4 Å². The van der Waals surface area contributed by atoms with E-state index in [0.29, 0.717) is 50.1 Å². The van der Waals surface area contributed by atoms with Gasteiger partial charge in [0, 0.05) is 50.1 Å². The molecule has 4 aliphatic heterocycles. The van der Waals surface area contributed by atoms with Crippen molar-refractivity contribution >= 4 is 39.6 Å². The minimum Gasteiger partial charge on any atom is -0.508 e. The summed E-state index contributed by atoms with van der Waals surface area (Å²) in [7, 11) is 3.61. The summed E-state index contributed by atoms with van der Waals surface area (Å²) < 4.78 is 64.5. The topological polar surface area (TPSA) is 134 Å². The van der Waals surface area contributed by atoms with Gasteiger partial charge in [-0.2, -0.15) is 9.97 Å². The van der Waals surface area contributed by atoms with Crippen molar-refractivity contribution in [3.63, 3.8) is 0 Å². The average molecular weight is 830 g/mol. The summed E-state index contributed by atoms with van der Waals surface area (Å²) in [6.07, 6.45) is 8.46. The van der Waals surface area contributed by atoms with Gasteiger partial charge in [-0.05, 0) is 75.8 Å². The number of rotatable bonds is 11. The zero-order chi connectivity index (χ0) is 42.6. The van der Waals surface area contributed by atoms with E-state index < -0.39 is 47.7 Å². The van der Waals surface area contributed by atoms with Crippen LogP contribution in [0.2, 0.25) is 0 Å². The molecule has 6 heterocycles. The normalized spacial score (nSPS) is 24.1. The Morgan fingerprint density at radius 3 is 2.55 bits per heavy atom. The standard InChI is InChI=1S/C44H50F3N7O6/c1-7-24(3)39(51(5)6)41(56)59-25(4)60-43(57)54-28-11-12-29(54)22-52(21-28)40-33-19-48-37(32-17-30(55)16-26-10-13-34(46)31(8-2)35(26)32)36(47)38(33)49-42(50-40)58-23-44-14-9-15-53(44)20-27(45)18-44/h2,10,13,16-17,19,24-25,27-29,39,55H,7,9,11-12,14-15,18,20-23H2,1,3-6H3/t24-,25?,27+,28?,29?,39-,44-/m0/s1. The molecule has 3 unspecified atom stereocenters. The second-order valence-corrected chi connectivity index (χ2v) is 16.9. The maximum absolute atomic E-state index is 17.2. The van der Waals surface area contributed by atoms with E-state index in [1.807, 2.05) is 18.7 Å². The molecule has 1 N–H and O–H groups in total. The number of ether oxygens (including phenoxy) is 3. The third-order valence-corrected chi connectivity index (χ3v) is 12.8. The van der Waals surface area contributed by atoms with Gasteiger partial charge in [0.25, 0.3) is 0 Å². The van der Waals surface area contributed by atoms with Gasteiger partial charge >= 0.3 is 18.1 Å². The van der Waals surface area contributed by atoms with E-state index in [1.165, 1.54) is 37.4 Å². The number of aromatic nitrogens is 3. The van der Waals surface area contributed by atoms with Crippen LogP contribution >= 0.6 is 0 Å². The molecule has 318 valence electrons. The molecule has 0 aliphatic carbocycles. The Morgan fingerprint density at radius 2 is 1.85 bits per heavy atom.